The maximum Gasteiger partial charge on any atom is 0.292 e. The maximum atomic E-state index is 12.2. The second kappa shape index (κ2) is 6.83. The highest BCUT2D eigenvalue weighted by atomic mass is 16.6. The first-order chi connectivity index (χ1) is 12.1. The molecule has 0 atom stereocenters. The summed E-state index contributed by atoms with van der Waals surface area (Å²) in [6.07, 6.45) is 1.55. The van der Waals surface area contributed by atoms with Crippen molar-refractivity contribution in [3.8, 4) is 17.1 Å². The van der Waals surface area contributed by atoms with Crippen molar-refractivity contribution in [1.82, 2.24) is 4.98 Å². The summed E-state index contributed by atoms with van der Waals surface area (Å²) < 4.78 is 10.5. The largest absolute Gasteiger partial charge is 0.497 e. The van der Waals surface area contributed by atoms with Crippen molar-refractivity contribution >= 4 is 17.4 Å². The number of carbonyl (C=O) groups excluding carboxylic acids is 1. The summed E-state index contributed by atoms with van der Waals surface area (Å²) in [5.41, 5.74) is 0.0769. The summed E-state index contributed by atoms with van der Waals surface area (Å²) in [6, 6.07) is 12.4. The minimum atomic E-state index is -0.534. The first kappa shape index (κ1) is 16.2. The van der Waals surface area contributed by atoms with Gasteiger partial charge >= 0.3 is 0 Å². The van der Waals surface area contributed by atoms with E-state index < -0.39 is 10.8 Å². The number of nitro benzene ring substituents is 1. The third-order valence-corrected chi connectivity index (χ3v) is 3.40. The first-order valence-corrected chi connectivity index (χ1v) is 7.23. The van der Waals surface area contributed by atoms with E-state index in [0.717, 1.165) is 0 Å². The lowest BCUT2D eigenvalue weighted by atomic mass is 10.1. The molecule has 2 heterocycles. The van der Waals surface area contributed by atoms with Gasteiger partial charge in [0, 0.05) is 6.20 Å². The van der Waals surface area contributed by atoms with Crippen LogP contribution in [-0.4, -0.2) is 22.9 Å². The van der Waals surface area contributed by atoms with Crippen LogP contribution in [0.3, 0.4) is 0 Å². The zero-order chi connectivity index (χ0) is 17.8. The molecule has 0 aliphatic heterocycles. The number of nitrogens with zero attached hydrogens (tertiary/aromatic N) is 2. The molecule has 0 bridgehead atoms. The fourth-order valence-electron chi connectivity index (χ4n) is 2.22. The minimum absolute atomic E-state index is 0.0192. The Bertz CT molecular complexity index is 921. The van der Waals surface area contributed by atoms with Crippen LogP contribution in [-0.2, 0) is 0 Å². The van der Waals surface area contributed by atoms with Crippen LogP contribution in [0, 0.1) is 10.1 Å². The molecule has 0 radical (unpaired) electrons. The van der Waals surface area contributed by atoms with Crippen LogP contribution in [0.2, 0.25) is 0 Å². The lowest BCUT2D eigenvalue weighted by Gasteiger charge is -2.04. The van der Waals surface area contributed by atoms with Gasteiger partial charge in [-0.3, -0.25) is 14.9 Å². The highest BCUT2D eigenvalue weighted by Gasteiger charge is 2.21. The van der Waals surface area contributed by atoms with E-state index in [0.29, 0.717) is 11.6 Å². The second-order valence-corrected chi connectivity index (χ2v) is 4.97. The van der Waals surface area contributed by atoms with Gasteiger partial charge in [0.15, 0.2) is 5.76 Å². The van der Waals surface area contributed by atoms with Crippen molar-refractivity contribution < 1.29 is 18.9 Å². The molecule has 8 heteroatoms. The summed E-state index contributed by atoms with van der Waals surface area (Å²) in [6.45, 7) is 0. The average molecular weight is 339 g/mol. The van der Waals surface area contributed by atoms with Gasteiger partial charge in [-0.25, -0.2) is 4.98 Å². The van der Waals surface area contributed by atoms with Gasteiger partial charge in [-0.05, 0) is 36.4 Å². The summed E-state index contributed by atoms with van der Waals surface area (Å²) in [7, 11) is 1.42. The van der Waals surface area contributed by atoms with Crippen LogP contribution in [0.15, 0.2) is 59.1 Å². The van der Waals surface area contributed by atoms with E-state index in [1.807, 2.05) is 0 Å². The molecule has 0 spiro atoms. The van der Waals surface area contributed by atoms with Gasteiger partial charge in [0.2, 0.25) is 0 Å². The Morgan fingerprint density at radius 2 is 2.08 bits per heavy atom. The van der Waals surface area contributed by atoms with Gasteiger partial charge in [0.05, 0.1) is 23.7 Å². The number of amides is 1. The fraction of sp³-hybridized carbons (Fsp3) is 0.0588. The molecule has 3 aromatic rings. The molecule has 1 aromatic carbocycles. The number of pyridine rings is 1. The van der Waals surface area contributed by atoms with Crippen molar-refractivity contribution in [1.29, 1.82) is 0 Å². The quantitative estimate of drug-likeness (QED) is 0.563. The molecule has 0 aliphatic rings. The molecule has 0 saturated carbocycles. The number of aromatic nitrogens is 1. The molecular formula is C17H13N3O5. The molecule has 0 fully saturated rings. The van der Waals surface area contributed by atoms with E-state index in [1.54, 1.807) is 30.5 Å². The molecule has 126 valence electrons. The number of benzene rings is 1. The smallest absolute Gasteiger partial charge is 0.292 e. The number of rotatable bonds is 5. The van der Waals surface area contributed by atoms with Gasteiger partial charge in [-0.15, -0.1) is 0 Å². The van der Waals surface area contributed by atoms with E-state index in [1.165, 1.54) is 31.4 Å². The van der Waals surface area contributed by atoms with Crippen LogP contribution in [0.4, 0.5) is 11.5 Å². The molecule has 2 aromatic heterocycles. The summed E-state index contributed by atoms with van der Waals surface area (Å²) in [5, 5.41) is 13.8. The Hall–Kier alpha value is -3.68. The number of ether oxygens (including phenoxy) is 1. The van der Waals surface area contributed by atoms with Crippen molar-refractivity contribution in [2.24, 2.45) is 0 Å². The maximum absolute atomic E-state index is 12.2. The predicted molar refractivity (Wildman–Crippen MR) is 89.5 cm³/mol. The Labute approximate surface area is 142 Å². The van der Waals surface area contributed by atoms with E-state index in [-0.39, 0.29) is 22.8 Å². The minimum Gasteiger partial charge on any atom is -0.497 e. The number of hydrogen-bond acceptors (Lipinski definition) is 6. The zero-order valence-electron chi connectivity index (χ0n) is 13.1. The SMILES string of the molecule is COc1ccc(-c2ccc(C(=O)Nc3ccccn3)o2)c([N+](=O)[O-])c1. The monoisotopic (exact) mass is 339 g/mol. The number of anilines is 1. The topological polar surface area (TPSA) is 108 Å². The molecule has 25 heavy (non-hydrogen) atoms. The number of nitro groups is 1. The lowest BCUT2D eigenvalue weighted by molar-refractivity contribution is -0.384. The molecular weight excluding hydrogens is 326 g/mol. The summed E-state index contributed by atoms with van der Waals surface area (Å²) in [5.74, 6) is 0.461. The molecule has 0 saturated heterocycles. The van der Waals surface area contributed by atoms with Gasteiger partial charge in [-0.1, -0.05) is 6.07 Å². The van der Waals surface area contributed by atoms with Crippen molar-refractivity contribution in [3.63, 3.8) is 0 Å². The predicted octanol–water partition coefficient (Wildman–Crippen LogP) is 3.51. The number of hydrogen-bond donors (Lipinski definition) is 1. The fourth-order valence-corrected chi connectivity index (χ4v) is 2.22. The number of nitrogens with one attached hydrogen (secondary N) is 1. The van der Waals surface area contributed by atoms with Crippen LogP contribution in [0.25, 0.3) is 11.3 Å². The molecule has 8 nitrogen and oxygen atoms in total. The number of carbonyl (C=O) groups is 1. The Morgan fingerprint density at radius 1 is 1.24 bits per heavy atom. The van der Waals surface area contributed by atoms with Crippen LogP contribution >= 0.6 is 0 Å². The van der Waals surface area contributed by atoms with E-state index in [9.17, 15) is 14.9 Å². The van der Waals surface area contributed by atoms with Gasteiger partial charge in [0.1, 0.15) is 17.3 Å². The third-order valence-electron chi connectivity index (χ3n) is 3.40. The highest BCUT2D eigenvalue weighted by molar-refractivity contribution is 6.02. The van der Waals surface area contributed by atoms with Gasteiger partial charge in [0.25, 0.3) is 11.6 Å². The summed E-state index contributed by atoms with van der Waals surface area (Å²) in [4.78, 5) is 26.9. The Morgan fingerprint density at radius 3 is 2.76 bits per heavy atom. The summed E-state index contributed by atoms with van der Waals surface area (Å²) >= 11 is 0. The van der Waals surface area contributed by atoms with Crippen molar-refractivity contribution in [2.75, 3.05) is 12.4 Å². The third kappa shape index (κ3) is 3.47. The average Bonchev–Trinajstić information content (AvgIpc) is 3.12. The van der Waals surface area contributed by atoms with E-state index >= 15 is 0 Å². The van der Waals surface area contributed by atoms with Crippen molar-refractivity contribution in [3.05, 3.63) is 70.6 Å². The van der Waals surface area contributed by atoms with Crippen LogP contribution in [0.1, 0.15) is 10.6 Å². The van der Waals surface area contributed by atoms with Crippen LogP contribution in [0.5, 0.6) is 5.75 Å². The molecule has 0 unspecified atom stereocenters. The van der Waals surface area contributed by atoms with Gasteiger partial charge < -0.3 is 14.5 Å². The van der Waals surface area contributed by atoms with Gasteiger partial charge in [-0.2, -0.15) is 0 Å². The Balaban J connectivity index is 1.89. The van der Waals surface area contributed by atoms with Crippen molar-refractivity contribution in [2.45, 2.75) is 0 Å². The highest BCUT2D eigenvalue weighted by Crippen LogP contribution is 2.34. The first-order valence-electron chi connectivity index (χ1n) is 7.23. The molecule has 1 amide bonds. The Kier molecular flexibility index (Phi) is 4.42. The molecule has 3 rings (SSSR count). The lowest BCUT2D eigenvalue weighted by Crippen LogP contribution is -2.11. The molecule has 1 N–H and O–H groups in total. The molecule has 0 aliphatic carbocycles. The standard InChI is InChI=1S/C17H13N3O5/c1-24-11-5-6-12(13(10-11)20(22)23)14-7-8-15(25-14)17(21)19-16-4-2-3-9-18-16/h2-10H,1H3,(H,18,19,21). The number of methoxy groups -OCH3 is 1. The van der Waals surface area contributed by atoms with Crippen LogP contribution < -0.4 is 10.1 Å². The van der Waals surface area contributed by atoms with E-state index in [2.05, 4.69) is 10.3 Å². The second-order valence-electron chi connectivity index (χ2n) is 4.97. The zero-order valence-corrected chi connectivity index (χ0v) is 13.1. The number of furan rings is 1. The normalized spacial score (nSPS) is 10.3. The van der Waals surface area contributed by atoms with E-state index in [4.69, 9.17) is 9.15 Å².